The number of hydrogen-bond donors (Lipinski definition) is 1. The van der Waals surface area contributed by atoms with Gasteiger partial charge in [-0.3, -0.25) is 4.79 Å². The monoisotopic (exact) mass is 288 g/mol. The van der Waals surface area contributed by atoms with E-state index in [-0.39, 0.29) is 17.5 Å². The second-order valence-electron chi connectivity index (χ2n) is 6.91. The van der Waals surface area contributed by atoms with Crippen molar-refractivity contribution >= 4 is 16.9 Å². The lowest BCUT2D eigenvalue weighted by Gasteiger charge is -2.26. The Balaban J connectivity index is 2.38. The minimum atomic E-state index is -0.336. The quantitative estimate of drug-likeness (QED) is 0.941. The van der Waals surface area contributed by atoms with Gasteiger partial charge in [0.2, 0.25) is 5.91 Å². The molecule has 5 nitrogen and oxygen atoms in total. The van der Waals surface area contributed by atoms with Crippen LogP contribution in [0.15, 0.2) is 24.3 Å². The van der Waals surface area contributed by atoms with E-state index in [0.29, 0.717) is 5.92 Å². The zero-order chi connectivity index (χ0) is 15.6. The Bertz CT molecular complexity index is 624. The molecule has 114 valence electrons. The highest BCUT2D eigenvalue weighted by Gasteiger charge is 2.27. The van der Waals surface area contributed by atoms with Crippen molar-refractivity contribution in [3.8, 4) is 0 Å². The highest BCUT2D eigenvalue weighted by atomic mass is 16.2. The van der Waals surface area contributed by atoms with Gasteiger partial charge in [0.25, 0.3) is 0 Å². The normalized spacial score (nSPS) is 13.6. The first-order chi connectivity index (χ1) is 9.78. The maximum Gasteiger partial charge on any atom is 0.245 e. The Morgan fingerprint density at radius 2 is 1.95 bits per heavy atom. The SMILES string of the molecule is CC(C)CC(C(=O)NC(C)(C)C)n1nnc2ccccc21. The van der Waals surface area contributed by atoms with Crippen LogP contribution in [0.1, 0.15) is 47.1 Å². The van der Waals surface area contributed by atoms with Crippen molar-refractivity contribution < 1.29 is 4.79 Å². The van der Waals surface area contributed by atoms with Crippen LogP contribution in [-0.2, 0) is 4.79 Å². The molecule has 21 heavy (non-hydrogen) atoms. The Hall–Kier alpha value is -1.91. The molecule has 0 aliphatic rings. The predicted molar refractivity (Wildman–Crippen MR) is 83.9 cm³/mol. The average Bonchev–Trinajstić information content (AvgIpc) is 2.77. The lowest BCUT2D eigenvalue weighted by Crippen LogP contribution is -2.45. The van der Waals surface area contributed by atoms with E-state index in [1.165, 1.54) is 0 Å². The first kappa shape index (κ1) is 15.5. The van der Waals surface area contributed by atoms with Crippen LogP contribution in [0, 0.1) is 5.92 Å². The summed E-state index contributed by atoms with van der Waals surface area (Å²) >= 11 is 0. The van der Waals surface area contributed by atoms with E-state index in [0.717, 1.165) is 17.5 Å². The molecule has 5 heteroatoms. The summed E-state index contributed by atoms with van der Waals surface area (Å²) in [6, 6.07) is 7.39. The van der Waals surface area contributed by atoms with Gasteiger partial charge in [0.05, 0.1) is 5.52 Å². The number of aromatic nitrogens is 3. The summed E-state index contributed by atoms with van der Waals surface area (Å²) in [6.45, 7) is 10.2. The van der Waals surface area contributed by atoms with Crippen molar-refractivity contribution in [1.82, 2.24) is 20.3 Å². The molecule has 1 heterocycles. The summed E-state index contributed by atoms with van der Waals surface area (Å²) in [5.74, 6) is 0.385. The topological polar surface area (TPSA) is 59.8 Å². The zero-order valence-corrected chi connectivity index (χ0v) is 13.4. The van der Waals surface area contributed by atoms with Gasteiger partial charge in [0, 0.05) is 5.54 Å². The van der Waals surface area contributed by atoms with Gasteiger partial charge in [0.15, 0.2) is 0 Å². The van der Waals surface area contributed by atoms with Crippen LogP contribution in [-0.4, -0.2) is 26.4 Å². The fraction of sp³-hybridized carbons (Fsp3) is 0.562. The second kappa shape index (κ2) is 5.84. The van der Waals surface area contributed by atoms with E-state index < -0.39 is 0 Å². The van der Waals surface area contributed by atoms with Crippen LogP contribution < -0.4 is 5.32 Å². The van der Waals surface area contributed by atoms with E-state index in [4.69, 9.17) is 0 Å². The van der Waals surface area contributed by atoms with E-state index in [1.807, 2.05) is 45.0 Å². The highest BCUT2D eigenvalue weighted by Crippen LogP contribution is 2.22. The summed E-state index contributed by atoms with van der Waals surface area (Å²) in [5.41, 5.74) is 1.45. The smallest absolute Gasteiger partial charge is 0.245 e. The number of carbonyl (C=O) groups is 1. The molecule has 0 radical (unpaired) electrons. The fourth-order valence-corrected chi connectivity index (χ4v) is 2.33. The maximum atomic E-state index is 12.6. The highest BCUT2D eigenvalue weighted by molar-refractivity contribution is 5.83. The Labute approximate surface area is 125 Å². The molecule has 1 amide bonds. The van der Waals surface area contributed by atoms with Crippen LogP contribution in [0.5, 0.6) is 0 Å². The van der Waals surface area contributed by atoms with Gasteiger partial charge in [-0.05, 0) is 45.2 Å². The third-order valence-corrected chi connectivity index (χ3v) is 3.17. The van der Waals surface area contributed by atoms with Gasteiger partial charge in [0.1, 0.15) is 11.6 Å². The Morgan fingerprint density at radius 3 is 2.57 bits per heavy atom. The number of carbonyl (C=O) groups excluding carboxylic acids is 1. The van der Waals surface area contributed by atoms with Crippen LogP contribution in [0.4, 0.5) is 0 Å². The molecular weight excluding hydrogens is 264 g/mol. The molecule has 1 aromatic heterocycles. The Kier molecular flexibility index (Phi) is 4.30. The molecule has 2 aromatic rings. The average molecular weight is 288 g/mol. The van der Waals surface area contributed by atoms with Crippen molar-refractivity contribution in [3.63, 3.8) is 0 Å². The lowest BCUT2D eigenvalue weighted by atomic mass is 10.0. The number of benzene rings is 1. The fourth-order valence-electron chi connectivity index (χ4n) is 2.33. The van der Waals surface area contributed by atoms with Gasteiger partial charge >= 0.3 is 0 Å². The van der Waals surface area contributed by atoms with Crippen molar-refractivity contribution in [2.75, 3.05) is 0 Å². The number of fused-ring (bicyclic) bond motifs is 1. The third-order valence-electron chi connectivity index (χ3n) is 3.17. The standard InChI is InChI=1S/C16H24N4O/c1-11(2)10-14(15(21)17-16(3,4)5)20-13-9-7-6-8-12(13)18-19-20/h6-9,11,14H,10H2,1-5H3,(H,17,21). The third kappa shape index (κ3) is 3.80. The number of amides is 1. The molecule has 0 fully saturated rings. The zero-order valence-electron chi connectivity index (χ0n) is 13.4. The molecular formula is C16H24N4O. The molecule has 0 aliphatic heterocycles. The second-order valence-corrected chi connectivity index (χ2v) is 6.91. The van der Waals surface area contributed by atoms with Crippen LogP contribution >= 0.6 is 0 Å². The Morgan fingerprint density at radius 1 is 1.29 bits per heavy atom. The first-order valence-electron chi connectivity index (χ1n) is 7.40. The largest absolute Gasteiger partial charge is 0.350 e. The maximum absolute atomic E-state index is 12.6. The van der Waals surface area contributed by atoms with Crippen molar-refractivity contribution in [2.24, 2.45) is 5.92 Å². The number of nitrogens with zero attached hydrogens (tertiary/aromatic N) is 3. The van der Waals surface area contributed by atoms with Gasteiger partial charge in [-0.25, -0.2) is 4.68 Å². The summed E-state index contributed by atoms with van der Waals surface area (Å²) < 4.78 is 1.75. The van der Waals surface area contributed by atoms with Crippen molar-refractivity contribution in [3.05, 3.63) is 24.3 Å². The lowest BCUT2D eigenvalue weighted by molar-refractivity contribution is -0.126. The van der Waals surface area contributed by atoms with E-state index >= 15 is 0 Å². The molecule has 0 saturated carbocycles. The molecule has 2 rings (SSSR count). The molecule has 1 unspecified atom stereocenters. The molecule has 0 spiro atoms. The first-order valence-corrected chi connectivity index (χ1v) is 7.40. The minimum absolute atomic E-state index is 0.00754. The van der Waals surface area contributed by atoms with E-state index in [1.54, 1.807) is 4.68 Å². The number of nitrogens with one attached hydrogen (secondary N) is 1. The van der Waals surface area contributed by atoms with Crippen LogP contribution in [0.3, 0.4) is 0 Å². The summed E-state index contributed by atoms with van der Waals surface area (Å²) in [4.78, 5) is 12.6. The molecule has 1 atom stereocenters. The van der Waals surface area contributed by atoms with Crippen molar-refractivity contribution in [1.29, 1.82) is 0 Å². The summed E-state index contributed by atoms with van der Waals surface area (Å²) in [6.07, 6.45) is 0.731. The number of rotatable bonds is 4. The predicted octanol–water partition coefficient (Wildman–Crippen LogP) is 2.93. The van der Waals surface area contributed by atoms with E-state index in [9.17, 15) is 4.79 Å². The van der Waals surface area contributed by atoms with Crippen LogP contribution in [0.2, 0.25) is 0 Å². The van der Waals surface area contributed by atoms with E-state index in [2.05, 4.69) is 29.5 Å². The summed E-state index contributed by atoms with van der Waals surface area (Å²) in [7, 11) is 0. The van der Waals surface area contributed by atoms with Gasteiger partial charge < -0.3 is 5.32 Å². The number of para-hydroxylation sites is 1. The molecule has 1 N–H and O–H groups in total. The molecule has 0 aliphatic carbocycles. The van der Waals surface area contributed by atoms with Gasteiger partial charge in [-0.15, -0.1) is 5.10 Å². The minimum Gasteiger partial charge on any atom is -0.350 e. The molecule has 0 saturated heterocycles. The summed E-state index contributed by atoms with van der Waals surface area (Å²) in [5, 5.41) is 11.4. The van der Waals surface area contributed by atoms with Crippen molar-refractivity contribution in [2.45, 2.75) is 52.6 Å². The van der Waals surface area contributed by atoms with Crippen LogP contribution in [0.25, 0.3) is 11.0 Å². The number of hydrogen-bond acceptors (Lipinski definition) is 3. The molecule has 1 aromatic carbocycles. The van der Waals surface area contributed by atoms with Gasteiger partial charge in [-0.2, -0.15) is 0 Å². The van der Waals surface area contributed by atoms with Gasteiger partial charge in [-0.1, -0.05) is 31.2 Å². The molecule has 0 bridgehead atoms.